The van der Waals surface area contributed by atoms with Crippen LogP contribution in [-0.4, -0.2) is 72.7 Å². The van der Waals surface area contributed by atoms with Crippen molar-refractivity contribution in [2.75, 3.05) is 51.3 Å². The summed E-state index contributed by atoms with van der Waals surface area (Å²) in [5, 5.41) is 1.16. The summed E-state index contributed by atoms with van der Waals surface area (Å²) in [7, 11) is 1.70. The van der Waals surface area contributed by atoms with Gasteiger partial charge in [0.15, 0.2) is 5.13 Å². The highest BCUT2D eigenvalue weighted by Crippen LogP contribution is 2.40. The first-order chi connectivity index (χ1) is 12.7. The Bertz CT molecular complexity index is 631. The van der Waals surface area contributed by atoms with Gasteiger partial charge in [0.2, 0.25) is 5.91 Å². The molecule has 0 radical (unpaired) electrons. The lowest BCUT2D eigenvalue weighted by Crippen LogP contribution is -2.60. The van der Waals surface area contributed by atoms with Gasteiger partial charge in [0.05, 0.1) is 6.61 Å². The molecule has 1 atom stereocenters. The van der Waals surface area contributed by atoms with Gasteiger partial charge in [0.25, 0.3) is 0 Å². The second kappa shape index (κ2) is 7.82. The van der Waals surface area contributed by atoms with Crippen molar-refractivity contribution in [1.82, 2.24) is 14.8 Å². The van der Waals surface area contributed by atoms with Crippen LogP contribution in [0.1, 0.15) is 43.4 Å². The molecule has 6 nitrogen and oxygen atoms in total. The fourth-order valence-electron chi connectivity index (χ4n) is 4.78. The van der Waals surface area contributed by atoms with E-state index >= 15 is 0 Å². The zero-order valence-electron chi connectivity index (χ0n) is 15.8. The molecule has 4 rings (SSSR count). The molecule has 0 bridgehead atoms. The molecule has 7 heteroatoms. The number of hydrogen-bond acceptors (Lipinski definition) is 6. The molecule has 1 spiro atoms. The van der Waals surface area contributed by atoms with E-state index in [-0.39, 0.29) is 5.54 Å². The number of hydrogen-bond donors (Lipinski definition) is 0. The van der Waals surface area contributed by atoms with Crippen LogP contribution in [0.4, 0.5) is 5.13 Å². The van der Waals surface area contributed by atoms with Gasteiger partial charge >= 0.3 is 0 Å². The molecule has 3 saturated heterocycles. The summed E-state index contributed by atoms with van der Waals surface area (Å²) in [5.74, 6) is 0.322. The van der Waals surface area contributed by atoms with Gasteiger partial charge in [0, 0.05) is 50.9 Å². The van der Waals surface area contributed by atoms with Crippen molar-refractivity contribution in [3.8, 4) is 0 Å². The molecular weight excluding hydrogens is 348 g/mol. The predicted octanol–water partition coefficient (Wildman–Crippen LogP) is 2.35. The summed E-state index contributed by atoms with van der Waals surface area (Å²) < 4.78 is 5.20. The molecule has 1 unspecified atom stereocenters. The second-order valence-corrected chi connectivity index (χ2v) is 8.84. The third-order valence-electron chi connectivity index (χ3n) is 6.16. The van der Waals surface area contributed by atoms with Gasteiger partial charge in [-0.05, 0) is 45.1 Å². The Morgan fingerprint density at radius 2 is 1.92 bits per heavy atom. The summed E-state index contributed by atoms with van der Waals surface area (Å²) in [6.07, 6.45) is 8.77. The van der Waals surface area contributed by atoms with E-state index in [2.05, 4.69) is 14.8 Å². The number of ether oxygens (including phenoxy) is 1. The molecule has 1 aromatic heterocycles. The molecular formula is C19H30N4O2S. The normalized spacial score (nSPS) is 27.2. The van der Waals surface area contributed by atoms with Crippen LogP contribution in [0.2, 0.25) is 0 Å². The zero-order valence-corrected chi connectivity index (χ0v) is 16.6. The maximum atomic E-state index is 13.3. The van der Waals surface area contributed by atoms with Crippen molar-refractivity contribution in [3.63, 3.8) is 0 Å². The van der Waals surface area contributed by atoms with Crippen molar-refractivity contribution >= 4 is 22.4 Å². The fourth-order valence-corrected chi connectivity index (χ4v) is 5.76. The van der Waals surface area contributed by atoms with Gasteiger partial charge in [-0.2, -0.15) is 0 Å². The van der Waals surface area contributed by atoms with Crippen molar-refractivity contribution < 1.29 is 9.53 Å². The Hall–Kier alpha value is -1.18. The van der Waals surface area contributed by atoms with Crippen LogP contribution in [-0.2, 0) is 16.1 Å². The van der Waals surface area contributed by atoms with Gasteiger partial charge in [-0.15, -0.1) is 11.3 Å². The first-order valence-corrected chi connectivity index (χ1v) is 10.8. The van der Waals surface area contributed by atoms with E-state index in [0.717, 1.165) is 63.5 Å². The fraction of sp³-hybridized carbons (Fsp3) is 0.789. The molecule has 4 heterocycles. The number of carbonyl (C=O) groups excluding carboxylic acids is 1. The number of rotatable bonds is 6. The molecule has 3 aliphatic heterocycles. The number of thiazole rings is 1. The van der Waals surface area contributed by atoms with E-state index in [1.165, 1.54) is 17.7 Å². The minimum absolute atomic E-state index is 0.288. The molecule has 0 saturated carbocycles. The van der Waals surface area contributed by atoms with Gasteiger partial charge in [-0.3, -0.25) is 9.69 Å². The topological polar surface area (TPSA) is 48.9 Å². The van der Waals surface area contributed by atoms with Crippen LogP contribution in [0.3, 0.4) is 0 Å². The molecule has 144 valence electrons. The van der Waals surface area contributed by atoms with Crippen molar-refractivity contribution in [3.05, 3.63) is 11.1 Å². The SMILES string of the molecule is COCCN1CCCC2(CCCN2Cc2cnc(N3CCCC3)s2)C1=O. The summed E-state index contributed by atoms with van der Waals surface area (Å²) >= 11 is 1.81. The van der Waals surface area contributed by atoms with Crippen LogP contribution in [0.5, 0.6) is 0 Å². The number of piperidine rings is 1. The van der Waals surface area contributed by atoms with Crippen LogP contribution < -0.4 is 4.90 Å². The Morgan fingerprint density at radius 1 is 1.15 bits per heavy atom. The highest BCUT2D eigenvalue weighted by atomic mass is 32.1. The van der Waals surface area contributed by atoms with Crippen molar-refractivity contribution in [2.24, 2.45) is 0 Å². The molecule has 0 N–H and O–H groups in total. The number of aromatic nitrogens is 1. The quantitative estimate of drug-likeness (QED) is 0.760. The molecule has 3 fully saturated rings. The van der Waals surface area contributed by atoms with E-state index in [1.54, 1.807) is 7.11 Å². The number of anilines is 1. The molecule has 26 heavy (non-hydrogen) atoms. The number of methoxy groups -OCH3 is 1. The number of amides is 1. The Morgan fingerprint density at radius 3 is 2.69 bits per heavy atom. The maximum Gasteiger partial charge on any atom is 0.243 e. The highest BCUT2D eigenvalue weighted by molar-refractivity contribution is 7.15. The van der Waals surface area contributed by atoms with Gasteiger partial charge in [0.1, 0.15) is 5.54 Å². The first kappa shape index (κ1) is 18.2. The summed E-state index contributed by atoms with van der Waals surface area (Å²) in [6.45, 7) is 6.34. The van der Waals surface area contributed by atoms with E-state index in [1.807, 2.05) is 22.4 Å². The largest absolute Gasteiger partial charge is 0.383 e. The molecule has 3 aliphatic rings. The molecule has 0 aromatic carbocycles. The van der Waals surface area contributed by atoms with Gasteiger partial charge in [-0.25, -0.2) is 4.98 Å². The molecule has 0 aliphatic carbocycles. The Kier molecular flexibility index (Phi) is 5.47. The average Bonchev–Trinajstić information content (AvgIpc) is 3.39. The summed E-state index contributed by atoms with van der Waals surface area (Å²) in [4.78, 5) is 26.1. The smallest absolute Gasteiger partial charge is 0.243 e. The van der Waals surface area contributed by atoms with Crippen LogP contribution in [0.25, 0.3) is 0 Å². The van der Waals surface area contributed by atoms with E-state index in [9.17, 15) is 4.79 Å². The maximum absolute atomic E-state index is 13.3. The minimum atomic E-state index is -0.288. The van der Waals surface area contributed by atoms with Crippen molar-refractivity contribution in [2.45, 2.75) is 50.6 Å². The first-order valence-electron chi connectivity index (χ1n) is 9.96. The molecule has 1 amide bonds. The number of nitrogens with zero attached hydrogens (tertiary/aromatic N) is 4. The third kappa shape index (κ3) is 3.37. The average molecular weight is 379 g/mol. The lowest BCUT2D eigenvalue weighted by molar-refractivity contribution is -0.148. The van der Waals surface area contributed by atoms with Crippen LogP contribution >= 0.6 is 11.3 Å². The van der Waals surface area contributed by atoms with E-state index in [0.29, 0.717) is 19.1 Å². The van der Waals surface area contributed by atoms with Gasteiger partial charge < -0.3 is 14.5 Å². The summed E-state index contributed by atoms with van der Waals surface area (Å²) in [6, 6.07) is 0. The monoisotopic (exact) mass is 378 g/mol. The highest BCUT2D eigenvalue weighted by Gasteiger charge is 2.50. The lowest BCUT2D eigenvalue weighted by atomic mass is 9.85. The standard InChI is InChI=1S/C19H30N4O2S/c1-25-13-12-21-10-4-6-19(17(21)24)7-5-11-23(19)15-16-14-20-18(26-16)22-8-2-3-9-22/h14H,2-13,15H2,1H3. The Balaban J connectivity index is 1.46. The van der Waals surface area contributed by atoms with Crippen LogP contribution in [0, 0.1) is 0 Å². The van der Waals surface area contributed by atoms with Gasteiger partial charge in [-0.1, -0.05) is 0 Å². The number of likely N-dealkylation sites (tertiary alicyclic amines) is 2. The predicted molar refractivity (Wildman–Crippen MR) is 104 cm³/mol. The van der Waals surface area contributed by atoms with E-state index in [4.69, 9.17) is 4.74 Å². The van der Waals surface area contributed by atoms with E-state index < -0.39 is 0 Å². The van der Waals surface area contributed by atoms with Crippen LogP contribution in [0.15, 0.2) is 6.20 Å². The minimum Gasteiger partial charge on any atom is -0.383 e. The number of carbonyl (C=O) groups is 1. The Labute approximate surface area is 160 Å². The second-order valence-electron chi connectivity index (χ2n) is 7.75. The zero-order chi connectivity index (χ0) is 18.0. The van der Waals surface area contributed by atoms with Crippen molar-refractivity contribution in [1.29, 1.82) is 0 Å². The third-order valence-corrected chi connectivity index (χ3v) is 7.20. The summed E-state index contributed by atoms with van der Waals surface area (Å²) in [5.41, 5.74) is -0.288. The molecule has 1 aromatic rings. The lowest BCUT2D eigenvalue weighted by Gasteiger charge is -2.44.